The molecule has 0 aliphatic heterocycles. The third-order valence-electron chi connectivity index (χ3n) is 4.57. The highest BCUT2D eigenvalue weighted by Crippen LogP contribution is 2.30. The zero-order chi connectivity index (χ0) is 18.1. The fourth-order valence-electron chi connectivity index (χ4n) is 3.23. The zero-order valence-corrected chi connectivity index (χ0v) is 15.4. The second-order valence-electron chi connectivity index (χ2n) is 6.48. The third-order valence-corrected chi connectivity index (χ3v) is 4.57. The number of aromatic nitrogens is 4. The van der Waals surface area contributed by atoms with Crippen LogP contribution >= 0.6 is 0 Å². The Bertz CT molecular complexity index is 976. The monoisotopic (exact) mass is 333 g/mol. The molecule has 0 unspecified atom stereocenters. The number of benzene rings is 1. The topological polar surface area (TPSA) is 29.9 Å². The van der Waals surface area contributed by atoms with Crippen molar-refractivity contribution in [2.75, 3.05) is 0 Å². The van der Waals surface area contributed by atoms with E-state index in [-0.39, 0.29) is 0 Å². The van der Waals surface area contributed by atoms with Crippen LogP contribution in [-0.4, -0.2) is 9.67 Å². The summed E-state index contributed by atoms with van der Waals surface area (Å²) >= 11 is 0. The summed E-state index contributed by atoms with van der Waals surface area (Å²) in [5.74, 6) is 0.891. The summed E-state index contributed by atoms with van der Waals surface area (Å²) in [6, 6.07) is 8.29. The SMILES string of the molecule is [C-]#[N+]c1cc(-c2cc[n+](C(C)C)n2C)c(C)c(-[n+]2cccnc2C)c1. The van der Waals surface area contributed by atoms with Crippen LogP contribution in [0, 0.1) is 20.4 Å². The standard InChI is InChI=1S/C20H23N5/c1-14(2)25-11-8-19(23(25)6)18-12-17(21-5)13-20(15(18)3)24-10-7-9-22-16(24)4/h7-14H,1-4,6H3/q+2. The molecule has 0 amide bonds. The average molecular weight is 333 g/mol. The van der Waals surface area contributed by atoms with Gasteiger partial charge >= 0.3 is 0 Å². The van der Waals surface area contributed by atoms with Gasteiger partial charge in [0.1, 0.15) is 23.8 Å². The number of hydrogen-bond acceptors (Lipinski definition) is 1. The molecule has 0 spiro atoms. The normalized spacial score (nSPS) is 10.9. The zero-order valence-electron chi connectivity index (χ0n) is 15.4. The number of nitrogens with zero attached hydrogens (tertiary/aromatic N) is 5. The number of rotatable bonds is 3. The predicted molar refractivity (Wildman–Crippen MR) is 96.5 cm³/mol. The van der Waals surface area contributed by atoms with Gasteiger partial charge in [0.05, 0.1) is 13.6 Å². The fourth-order valence-corrected chi connectivity index (χ4v) is 3.23. The molecule has 2 aromatic heterocycles. The third kappa shape index (κ3) is 2.91. The fraction of sp³-hybridized carbons (Fsp3) is 0.300. The molecule has 3 rings (SSSR count). The molecule has 0 fully saturated rings. The molecule has 2 heterocycles. The highest BCUT2D eigenvalue weighted by atomic mass is 15.4. The van der Waals surface area contributed by atoms with Gasteiger partial charge in [-0.15, -0.1) is 4.68 Å². The molecule has 126 valence electrons. The van der Waals surface area contributed by atoms with Crippen molar-refractivity contribution < 1.29 is 9.25 Å². The van der Waals surface area contributed by atoms with E-state index >= 15 is 0 Å². The Morgan fingerprint density at radius 1 is 1.20 bits per heavy atom. The molecule has 0 aliphatic rings. The maximum Gasteiger partial charge on any atom is 0.300 e. The first kappa shape index (κ1) is 16.8. The summed E-state index contributed by atoms with van der Waals surface area (Å²) in [6.45, 7) is 15.9. The van der Waals surface area contributed by atoms with Gasteiger partial charge < -0.3 is 0 Å². The smallest absolute Gasteiger partial charge is 0.238 e. The van der Waals surface area contributed by atoms with Gasteiger partial charge in [-0.2, -0.15) is 4.68 Å². The summed E-state index contributed by atoms with van der Waals surface area (Å²) in [7, 11) is 2.06. The number of hydrogen-bond donors (Lipinski definition) is 0. The Morgan fingerprint density at radius 3 is 2.56 bits per heavy atom. The molecule has 0 aliphatic carbocycles. The first-order valence-corrected chi connectivity index (χ1v) is 8.37. The Morgan fingerprint density at radius 2 is 1.96 bits per heavy atom. The predicted octanol–water partition coefficient (Wildman–Crippen LogP) is 3.40. The van der Waals surface area contributed by atoms with E-state index in [2.05, 4.69) is 59.3 Å². The van der Waals surface area contributed by atoms with Gasteiger partial charge in [-0.05, 0) is 32.9 Å². The summed E-state index contributed by atoms with van der Waals surface area (Å²) in [5.41, 5.74) is 4.92. The van der Waals surface area contributed by atoms with Crippen molar-refractivity contribution in [1.29, 1.82) is 0 Å². The molecule has 5 heteroatoms. The van der Waals surface area contributed by atoms with Gasteiger partial charge in [0.2, 0.25) is 0 Å². The van der Waals surface area contributed by atoms with E-state index in [1.807, 2.05) is 35.9 Å². The van der Waals surface area contributed by atoms with E-state index in [1.54, 1.807) is 6.20 Å². The van der Waals surface area contributed by atoms with E-state index in [1.165, 1.54) is 0 Å². The van der Waals surface area contributed by atoms with Crippen molar-refractivity contribution in [2.24, 2.45) is 7.05 Å². The average Bonchev–Trinajstić information content (AvgIpc) is 2.97. The molecule has 0 saturated carbocycles. The lowest BCUT2D eigenvalue weighted by atomic mass is 10.0. The first-order valence-electron chi connectivity index (χ1n) is 8.37. The van der Waals surface area contributed by atoms with Crippen molar-refractivity contribution in [3.05, 3.63) is 65.7 Å². The van der Waals surface area contributed by atoms with E-state index in [4.69, 9.17) is 6.57 Å². The highest BCUT2D eigenvalue weighted by molar-refractivity contribution is 5.72. The molecule has 5 nitrogen and oxygen atoms in total. The lowest BCUT2D eigenvalue weighted by Crippen LogP contribution is -2.43. The number of aryl methyl sites for hydroxylation is 1. The molecule has 1 aromatic carbocycles. The van der Waals surface area contributed by atoms with Crippen LogP contribution in [0.4, 0.5) is 5.69 Å². The quantitative estimate of drug-likeness (QED) is 0.534. The minimum atomic E-state index is 0.373. The minimum Gasteiger partial charge on any atom is -0.238 e. The lowest BCUT2D eigenvalue weighted by Gasteiger charge is -2.12. The lowest BCUT2D eigenvalue weighted by molar-refractivity contribution is -0.789. The van der Waals surface area contributed by atoms with E-state index < -0.39 is 0 Å². The summed E-state index contributed by atoms with van der Waals surface area (Å²) < 4.78 is 6.36. The van der Waals surface area contributed by atoms with Crippen LogP contribution in [-0.2, 0) is 7.05 Å². The molecular weight excluding hydrogens is 310 g/mol. The van der Waals surface area contributed by atoms with Gasteiger partial charge in [-0.3, -0.25) is 0 Å². The maximum absolute atomic E-state index is 7.50. The van der Waals surface area contributed by atoms with E-state index in [0.717, 1.165) is 28.3 Å². The van der Waals surface area contributed by atoms with Gasteiger partial charge in [-0.25, -0.2) is 9.41 Å². The summed E-state index contributed by atoms with van der Waals surface area (Å²) in [4.78, 5) is 8.06. The molecule has 0 saturated heterocycles. The van der Waals surface area contributed by atoms with Crippen LogP contribution in [0.5, 0.6) is 0 Å². The van der Waals surface area contributed by atoms with E-state index in [0.29, 0.717) is 11.7 Å². The summed E-state index contributed by atoms with van der Waals surface area (Å²) in [6.07, 6.45) is 5.86. The maximum atomic E-state index is 7.50. The minimum absolute atomic E-state index is 0.373. The van der Waals surface area contributed by atoms with Gasteiger partial charge in [0.25, 0.3) is 5.82 Å². The Kier molecular flexibility index (Phi) is 4.37. The molecule has 0 radical (unpaired) electrons. The second kappa shape index (κ2) is 6.48. The largest absolute Gasteiger partial charge is 0.300 e. The Hall–Kier alpha value is -3.00. The molecule has 25 heavy (non-hydrogen) atoms. The molecule has 0 N–H and O–H groups in total. The van der Waals surface area contributed by atoms with Crippen LogP contribution in [0.2, 0.25) is 0 Å². The molecule has 0 bridgehead atoms. The van der Waals surface area contributed by atoms with Gasteiger partial charge in [-0.1, -0.05) is 4.98 Å². The highest BCUT2D eigenvalue weighted by Gasteiger charge is 2.21. The first-order chi connectivity index (χ1) is 11.9. The van der Waals surface area contributed by atoms with Crippen LogP contribution in [0.1, 0.15) is 31.3 Å². The molecular formula is C20H23N5+2. The summed E-state index contributed by atoms with van der Waals surface area (Å²) in [5, 5.41) is 0. The van der Waals surface area contributed by atoms with Crippen molar-refractivity contribution >= 4 is 5.69 Å². The Balaban J connectivity index is 2.28. The molecule has 0 atom stereocenters. The molecule has 3 aromatic rings. The van der Waals surface area contributed by atoms with Crippen molar-refractivity contribution in [1.82, 2.24) is 9.67 Å². The van der Waals surface area contributed by atoms with Crippen molar-refractivity contribution in [2.45, 2.75) is 33.7 Å². The van der Waals surface area contributed by atoms with Crippen molar-refractivity contribution in [3.8, 4) is 16.9 Å². The van der Waals surface area contributed by atoms with Gasteiger partial charge in [0.15, 0.2) is 17.9 Å². The van der Waals surface area contributed by atoms with Crippen LogP contribution in [0.3, 0.4) is 0 Å². The van der Waals surface area contributed by atoms with Crippen LogP contribution < -0.4 is 9.25 Å². The van der Waals surface area contributed by atoms with Crippen molar-refractivity contribution in [3.63, 3.8) is 0 Å². The second-order valence-corrected chi connectivity index (χ2v) is 6.48. The van der Waals surface area contributed by atoms with E-state index in [9.17, 15) is 0 Å². The van der Waals surface area contributed by atoms with Crippen LogP contribution in [0.25, 0.3) is 21.8 Å². The Labute approximate surface area is 148 Å². The van der Waals surface area contributed by atoms with Gasteiger partial charge in [0, 0.05) is 30.2 Å². The van der Waals surface area contributed by atoms with Crippen LogP contribution in [0.15, 0.2) is 42.9 Å².